The van der Waals surface area contributed by atoms with E-state index in [0.29, 0.717) is 39.3 Å². The molecule has 1 aromatic heterocycles. The van der Waals surface area contributed by atoms with E-state index in [1.54, 1.807) is 53.2 Å². The fourth-order valence-electron chi connectivity index (χ4n) is 4.98. The van der Waals surface area contributed by atoms with Gasteiger partial charge in [0.2, 0.25) is 0 Å². The van der Waals surface area contributed by atoms with Gasteiger partial charge >= 0.3 is 5.97 Å². The molecule has 0 unspecified atom stereocenters. The minimum Gasteiger partial charge on any atom is -0.489 e. The first-order chi connectivity index (χ1) is 22.9. The SMILES string of the molecule is CC(C)(C)c1cc(NC(=O)[C@@H]2OCO[C@H]2C(=O)N[C@@H](Cc2ccc(OCc3c(Cl)cccc3Cl)cc2)C(=O)O)n(Cc2ccccc2)n1. The van der Waals surface area contributed by atoms with Gasteiger partial charge in [0.25, 0.3) is 11.8 Å². The van der Waals surface area contributed by atoms with Crippen LogP contribution in [-0.4, -0.2) is 57.7 Å². The van der Waals surface area contributed by atoms with Crippen LogP contribution in [0.2, 0.25) is 10.0 Å². The molecule has 252 valence electrons. The van der Waals surface area contributed by atoms with Crippen molar-refractivity contribution in [2.75, 3.05) is 12.1 Å². The third-order valence-electron chi connectivity index (χ3n) is 7.68. The van der Waals surface area contributed by atoms with Crippen molar-refractivity contribution >= 4 is 46.8 Å². The van der Waals surface area contributed by atoms with Crippen LogP contribution in [0, 0.1) is 0 Å². The quantitative estimate of drug-likeness (QED) is 0.174. The highest BCUT2D eigenvalue weighted by atomic mass is 35.5. The normalized spacial score (nSPS) is 16.7. The van der Waals surface area contributed by atoms with Crippen LogP contribution in [0.4, 0.5) is 5.82 Å². The van der Waals surface area contributed by atoms with E-state index < -0.39 is 36.0 Å². The smallest absolute Gasteiger partial charge is 0.326 e. The summed E-state index contributed by atoms with van der Waals surface area (Å²) < 4.78 is 18.4. The summed E-state index contributed by atoms with van der Waals surface area (Å²) in [7, 11) is 0. The Morgan fingerprint density at radius 1 is 0.938 bits per heavy atom. The van der Waals surface area contributed by atoms with E-state index in [-0.39, 0.29) is 25.2 Å². The fraction of sp³-hybridized carbons (Fsp3) is 0.314. The van der Waals surface area contributed by atoms with Crippen molar-refractivity contribution in [3.8, 4) is 5.75 Å². The zero-order valence-electron chi connectivity index (χ0n) is 26.6. The van der Waals surface area contributed by atoms with Gasteiger partial charge in [-0.3, -0.25) is 9.59 Å². The standard InChI is InChI=1S/C35H36Cl2N4O7/c1-35(2,3)28-17-29(41(40-28)18-22-8-5-4-6-9-22)39-33(43)31-30(47-20-48-31)32(42)38-27(34(44)45)16-21-12-14-23(15-13-21)46-19-24-25(36)10-7-11-26(24)37/h4-15,17,27,30-31H,16,18-20H2,1-3H3,(H,38,42)(H,39,43)(H,44,45)/t27-,30+,31+/m0/s1. The molecule has 0 spiro atoms. The largest absolute Gasteiger partial charge is 0.489 e. The third kappa shape index (κ3) is 8.73. The van der Waals surface area contributed by atoms with Gasteiger partial charge in [0, 0.05) is 33.5 Å². The Kier molecular flexibility index (Phi) is 11.1. The molecule has 13 heteroatoms. The Hall–Kier alpha value is -4.42. The molecule has 5 rings (SSSR count). The van der Waals surface area contributed by atoms with Crippen molar-refractivity contribution in [1.82, 2.24) is 15.1 Å². The van der Waals surface area contributed by atoms with Crippen molar-refractivity contribution in [3.05, 3.63) is 111 Å². The molecule has 3 atom stereocenters. The van der Waals surface area contributed by atoms with Crippen LogP contribution in [-0.2, 0) is 48.8 Å². The van der Waals surface area contributed by atoms with Crippen LogP contribution in [0.3, 0.4) is 0 Å². The number of halogens is 2. The van der Waals surface area contributed by atoms with Gasteiger partial charge in [0.05, 0.1) is 12.2 Å². The maximum absolute atomic E-state index is 13.4. The lowest BCUT2D eigenvalue weighted by Gasteiger charge is -2.20. The highest BCUT2D eigenvalue weighted by Crippen LogP contribution is 2.27. The molecule has 3 aromatic carbocycles. The molecule has 3 N–H and O–H groups in total. The minimum atomic E-state index is -1.37. The number of hydrogen-bond donors (Lipinski definition) is 3. The number of benzene rings is 3. The zero-order valence-corrected chi connectivity index (χ0v) is 28.1. The lowest BCUT2D eigenvalue weighted by atomic mass is 9.92. The number of anilines is 1. The molecule has 1 saturated heterocycles. The summed E-state index contributed by atoms with van der Waals surface area (Å²) in [4.78, 5) is 38.9. The summed E-state index contributed by atoms with van der Waals surface area (Å²) in [5.74, 6) is -1.71. The second-order valence-corrected chi connectivity index (χ2v) is 13.1. The highest BCUT2D eigenvalue weighted by Gasteiger charge is 2.42. The summed E-state index contributed by atoms with van der Waals surface area (Å²) in [6.07, 6.45) is -2.72. The van der Waals surface area contributed by atoms with Gasteiger partial charge in [-0.05, 0) is 35.4 Å². The van der Waals surface area contributed by atoms with E-state index in [1.807, 2.05) is 51.1 Å². The van der Waals surface area contributed by atoms with Crippen molar-refractivity contribution in [2.24, 2.45) is 0 Å². The zero-order chi connectivity index (χ0) is 34.4. The van der Waals surface area contributed by atoms with E-state index in [9.17, 15) is 19.5 Å². The van der Waals surface area contributed by atoms with Gasteiger partial charge in [-0.2, -0.15) is 5.10 Å². The molecular weight excluding hydrogens is 659 g/mol. The van der Waals surface area contributed by atoms with Gasteiger partial charge in [-0.15, -0.1) is 0 Å². The van der Waals surface area contributed by atoms with E-state index in [2.05, 4.69) is 10.6 Å². The predicted octanol–water partition coefficient (Wildman–Crippen LogP) is 5.61. The van der Waals surface area contributed by atoms with Gasteiger partial charge in [-0.1, -0.05) is 92.5 Å². The number of aromatic nitrogens is 2. The molecule has 11 nitrogen and oxygen atoms in total. The lowest BCUT2D eigenvalue weighted by Crippen LogP contribution is -2.51. The molecule has 2 amide bonds. The number of nitrogens with zero attached hydrogens (tertiary/aromatic N) is 2. The fourth-order valence-corrected chi connectivity index (χ4v) is 5.49. The summed E-state index contributed by atoms with van der Waals surface area (Å²) in [5, 5.41) is 20.9. The molecule has 48 heavy (non-hydrogen) atoms. The predicted molar refractivity (Wildman–Crippen MR) is 180 cm³/mol. The Morgan fingerprint density at radius 2 is 1.58 bits per heavy atom. The number of ether oxygens (including phenoxy) is 3. The average Bonchev–Trinajstić information content (AvgIpc) is 3.70. The number of carboxylic acid groups (broad SMARTS) is 1. The Labute approximate surface area is 288 Å². The Morgan fingerprint density at radius 3 is 2.21 bits per heavy atom. The average molecular weight is 696 g/mol. The first-order valence-electron chi connectivity index (χ1n) is 15.2. The minimum absolute atomic E-state index is 0.0314. The van der Waals surface area contributed by atoms with Gasteiger partial charge < -0.3 is 30.0 Å². The van der Waals surface area contributed by atoms with Crippen LogP contribution < -0.4 is 15.4 Å². The summed E-state index contributed by atoms with van der Waals surface area (Å²) in [6.45, 7) is 6.29. The number of nitrogens with one attached hydrogen (secondary N) is 2. The number of rotatable bonds is 12. The maximum Gasteiger partial charge on any atom is 0.326 e. The van der Waals surface area contributed by atoms with Crippen LogP contribution >= 0.6 is 23.2 Å². The highest BCUT2D eigenvalue weighted by molar-refractivity contribution is 6.35. The van der Waals surface area contributed by atoms with Crippen LogP contribution in [0.5, 0.6) is 5.75 Å². The van der Waals surface area contributed by atoms with Crippen molar-refractivity contribution in [1.29, 1.82) is 0 Å². The van der Waals surface area contributed by atoms with Gasteiger partial charge in [-0.25, -0.2) is 9.48 Å². The third-order valence-corrected chi connectivity index (χ3v) is 8.39. The Balaban J connectivity index is 1.22. The molecule has 4 aromatic rings. The second-order valence-electron chi connectivity index (χ2n) is 12.3. The first kappa shape index (κ1) is 34.9. The van der Waals surface area contributed by atoms with E-state index >= 15 is 0 Å². The second kappa shape index (κ2) is 15.2. The molecule has 2 heterocycles. The van der Waals surface area contributed by atoms with E-state index in [4.69, 9.17) is 42.5 Å². The van der Waals surface area contributed by atoms with Crippen molar-refractivity contribution < 1.29 is 33.7 Å². The topological polar surface area (TPSA) is 141 Å². The first-order valence-corrected chi connectivity index (χ1v) is 16.0. The monoisotopic (exact) mass is 694 g/mol. The maximum atomic E-state index is 13.4. The van der Waals surface area contributed by atoms with Crippen molar-refractivity contribution in [3.63, 3.8) is 0 Å². The van der Waals surface area contributed by atoms with Gasteiger partial charge in [0.1, 0.15) is 31.0 Å². The molecule has 0 saturated carbocycles. The van der Waals surface area contributed by atoms with Crippen LogP contribution in [0.15, 0.2) is 78.9 Å². The molecule has 0 radical (unpaired) electrons. The molecule has 1 fully saturated rings. The number of carboxylic acids is 1. The van der Waals surface area contributed by atoms with Gasteiger partial charge in [0.15, 0.2) is 12.2 Å². The Bertz CT molecular complexity index is 1740. The van der Waals surface area contributed by atoms with E-state index in [0.717, 1.165) is 11.3 Å². The number of amides is 2. The molecular formula is C35H36Cl2N4O7. The van der Waals surface area contributed by atoms with Crippen molar-refractivity contribution in [2.45, 2.75) is 64.0 Å². The number of aliphatic carboxylic acids is 1. The number of carbonyl (C=O) groups excluding carboxylic acids is 2. The summed E-state index contributed by atoms with van der Waals surface area (Å²) in [5.41, 5.74) is 2.74. The lowest BCUT2D eigenvalue weighted by molar-refractivity contribution is -0.144. The van der Waals surface area contributed by atoms with E-state index in [1.165, 1.54) is 0 Å². The molecule has 0 bridgehead atoms. The molecule has 1 aliphatic rings. The summed E-state index contributed by atoms with van der Waals surface area (Å²) >= 11 is 12.4. The van der Waals surface area contributed by atoms with Crippen LogP contribution in [0.25, 0.3) is 0 Å². The molecule has 1 aliphatic heterocycles. The number of hydrogen-bond acceptors (Lipinski definition) is 7. The molecule has 0 aliphatic carbocycles. The van der Waals surface area contributed by atoms with Crippen LogP contribution in [0.1, 0.15) is 43.2 Å². The summed E-state index contributed by atoms with van der Waals surface area (Å²) in [6, 6.07) is 22.1. The number of carbonyl (C=O) groups is 3.